The third-order valence-corrected chi connectivity index (χ3v) is 6.50. The van der Waals surface area contributed by atoms with Gasteiger partial charge in [-0.05, 0) is 64.8 Å². The van der Waals surface area contributed by atoms with Crippen LogP contribution >= 0.6 is 0 Å². The molecule has 3 N–H and O–H groups in total. The van der Waals surface area contributed by atoms with Gasteiger partial charge in [0.1, 0.15) is 11.5 Å². The number of hydrogen-bond acceptors (Lipinski definition) is 8. The molecule has 0 aliphatic carbocycles. The molecule has 2 aromatic rings. The molecule has 1 aromatic heterocycles. The largest absolute Gasteiger partial charge is 0.493 e. The van der Waals surface area contributed by atoms with E-state index in [4.69, 9.17) is 14.0 Å². The Bertz CT molecular complexity index is 1240. The van der Waals surface area contributed by atoms with Crippen LogP contribution in [0.1, 0.15) is 94.6 Å². The number of unbranched alkanes of at least 4 members (excludes halogenated alkanes) is 2. The maximum absolute atomic E-state index is 13.3. The molecule has 4 amide bonds. The van der Waals surface area contributed by atoms with Gasteiger partial charge in [-0.1, -0.05) is 39.2 Å². The first-order valence-corrected chi connectivity index (χ1v) is 14.6. The molecule has 1 aromatic carbocycles. The molecule has 0 bridgehead atoms. The van der Waals surface area contributed by atoms with Gasteiger partial charge in [0, 0.05) is 11.1 Å². The number of hydrogen-bond donors (Lipinski definition) is 3. The van der Waals surface area contributed by atoms with Crippen LogP contribution in [0.4, 0.5) is 4.79 Å². The van der Waals surface area contributed by atoms with E-state index in [0.717, 1.165) is 24.3 Å². The minimum absolute atomic E-state index is 0.0259. The number of hydroxylamine groups is 2. The van der Waals surface area contributed by atoms with Gasteiger partial charge >= 0.3 is 6.09 Å². The summed E-state index contributed by atoms with van der Waals surface area (Å²) in [6.45, 7) is 11.2. The molecule has 1 heterocycles. The topological polar surface area (TPSA) is 156 Å². The van der Waals surface area contributed by atoms with Gasteiger partial charge in [-0.2, -0.15) is 5.06 Å². The number of nitrogens with one attached hydrogen (secondary N) is 3. The molecule has 2 atom stereocenters. The number of nitrogens with zero attached hydrogens (tertiary/aromatic N) is 1. The molecular weight excluding hydrogens is 556 g/mol. The Morgan fingerprint density at radius 2 is 1.77 bits per heavy atom. The molecule has 0 fully saturated rings. The van der Waals surface area contributed by atoms with Gasteiger partial charge in [-0.25, -0.2) is 4.79 Å². The SMILES string of the molecule is CCCCCC(C(=O)NCNC(=O)c1ccc(-c2ccc(C=O)c(OCC)c2)o1)C(CC)N(C=O)OC(=O)NC(C)(C)C. The lowest BCUT2D eigenvalue weighted by Gasteiger charge is -2.32. The zero-order chi connectivity index (χ0) is 32.0. The standard InChI is InChI=1S/C31H44N4O8/c1-7-10-11-12-23(24(8-2)35(20-37)43-30(40)34-31(4,5)6)28(38)32-19-33-29(39)26-16-15-25(42-26)21-13-14-22(18-36)27(17-21)41-9-3/h13-18,20,23-24H,7-12,19H2,1-6H3,(H,32,38)(H,33,39)(H,34,40). The summed E-state index contributed by atoms with van der Waals surface area (Å²) < 4.78 is 11.2. The quantitative estimate of drug-likeness (QED) is 0.101. The van der Waals surface area contributed by atoms with Crippen LogP contribution < -0.4 is 20.7 Å². The van der Waals surface area contributed by atoms with Gasteiger partial charge in [0.05, 0.1) is 30.8 Å². The third kappa shape index (κ3) is 10.8. The zero-order valence-corrected chi connectivity index (χ0v) is 25.9. The maximum Gasteiger partial charge on any atom is 0.432 e. The van der Waals surface area contributed by atoms with E-state index >= 15 is 0 Å². The second kappa shape index (κ2) is 16.9. The smallest absolute Gasteiger partial charge is 0.432 e. The highest BCUT2D eigenvalue weighted by Crippen LogP contribution is 2.28. The van der Waals surface area contributed by atoms with Crippen molar-refractivity contribution in [3.05, 3.63) is 41.7 Å². The Kier molecular flexibility index (Phi) is 13.7. The molecule has 12 heteroatoms. The first-order valence-electron chi connectivity index (χ1n) is 14.6. The number of rotatable bonds is 17. The fraction of sp³-hybridized carbons (Fsp3) is 0.516. The van der Waals surface area contributed by atoms with Crippen molar-refractivity contribution in [3.8, 4) is 17.1 Å². The van der Waals surface area contributed by atoms with E-state index in [9.17, 15) is 24.0 Å². The molecule has 2 rings (SSSR count). The van der Waals surface area contributed by atoms with Gasteiger partial charge in [0.2, 0.25) is 12.3 Å². The van der Waals surface area contributed by atoms with Crippen molar-refractivity contribution in [1.82, 2.24) is 21.0 Å². The third-order valence-electron chi connectivity index (χ3n) is 6.50. The minimum Gasteiger partial charge on any atom is -0.493 e. The summed E-state index contributed by atoms with van der Waals surface area (Å²) in [5, 5.41) is 8.84. The van der Waals surface area contributed by atoms with E-state index in [0.29, 0.717) is 54.8 Å². The highest BCUT2D eigenvalue weighted by molar-refractivity contribution is 5.92. The van der Waals surface area contributed by atoms with Gasteiger partial charge < -0.3 is 29.9 Å². The molecule has 0 aliphatic rings. The van der Waals surface area contributed by atoms with E-state index in [2.05, 4.69) is 16.0 Å². The van der Waals surface area contributed by atoms with Crippen LogP contribution in [-0.4, -0.2) is 60.5 Å². The normalized spacial score (nSPS) is 12.4. The fourth-order valence-electron chi connectivity index (χ4n) is 4.46. The number of carbonyl (C=O) groups is 5. The predicted molar refractivity (Wildman–Crippen MR) is 160 cm³/mol. The summed E-state index contributed by atoms with van der Waals surface area (Å²) in [5.74, 6) is -0.796. The van der Waals surface area contributed by atoms with Crippen LogP contribution in [0.25, 0.3) is 11.3 Å². The summed E-state index contributed by atoms with van der Waals surface area (Å²) in [6, 6.07) is 7.38. The van der Waals surface area contributed by atoms with Crippen molar-refractivity contribution in [3.63, 3.8) is 0 Å². The van der Waals surface area contributed by atoms with E-state index in [-0.39, 0.29) is 12.4 Å². The van der Waals surface area contributed by atoms with E-state index in [1.807, 2.05) is 13.8 Å². The average Bonchev–Trinajstić information content (AvgIpc) is 3.46. The van der Waals surface area contributed by atoms with Crippen LogP contribution in [-0.2, 0) is 14.4 Å². The molecule has 236 valence electrons. The van der Waals surface area contributed by atoms with Gasteiger partial charge in [-0.15, -0.1) is 0 Å². The average molecular weight is 601 g/mol. The maximum atomic E-state index is 13.3. The van der Waals surface area contributed by atoms with E-state index in [1.165, 1.54) is 6.07 Å². The molecule has 0 aliphatic heterocycles. The van der Waals surface area contributed by atoms with Crippen molar-refractivity contribution < 1.29 is 38.0 Å². The first kappa shape index (κ1) is 34.8. The lowest BCUT2D eigenvalue weighted by Crippen LogP contribution is -2.51. The second-order valence-electron chi connectivity index (χ2n) is 11.0. The van der Waals surface area contributed by atoms with Crippen molar-refractivity contribution in [1.29, 1.82) is 0 Å². The van der Waals surface area contributed by atoms with Gasteiger partial charge in [0.15, 0.2) is 12.0 Å². The van der Waals surface area contributed by atoms with E-state index < -0.39 is 35.4 Å². The molecular formula is C31H44N4O8. The van der Waals surface area contributed by atoms with Crippen molar-refractivity contribution in [2.24, 2.45) is 5.92 Å². The summed E-state index contributed by atoms with van der Waals surface area (Å²) in [4.78, 5) is 66.8. The molecule has 0 saturated heterocycles. The number of carbonyl (C=O) groups excluding carboxylic acids is 5. The Morgan fingerprint density at radius 1 is 1.02 bits per heavy atom. The molecule has 0 radical (unpaired) electrons. The van der Waals surface area contributed by atoms with Gasteiger partial charge in [0.25, 0.3) is 5.91 Å². The van der Waals surface area contributed by atoms with Crippen molar-refractivity contribution >= 4 is 30.6 Å². The number of benzene rings is 1. The van der Waals surface area contributed by atoms with Crippen LogP contribution in [0.5, 0.6) is 5.75 Å². The molecule has 43 heavy (non-hydrogen) atoms. The van der Waals surface area contributed by atoms with Crippen molar-refractivity contribution in [2.45, 2.75) is 85.2 Å². The lowest BCUT2D eigenvalue weighted by atomic mass is 9.90. The molecule has 0 spiro atoms. The summed E-state index contributed by atoms with van der Waals surface area (Å²) in [6.07, 6.45) is 3.65. The first-order chi connectivity index (χ1) is 20.5. The van der Waals surface area contributed by atoms with E-state index in [1.54, 1.807) is 52.0 Å². The zero-order valence-electron chi connectivity index (χ0n) is 25.9. The minimum atomic E-state index is -0.801. The summed E-state index contributed by atoms with van der Waals surface area (Å²) >= 11 is 0. The molecule has 2 unspecified atom stereocenters. The number of furan rings is 1. The predicted octanol–water partition coefficient (Wildman–Crippen LogP) is 4.83. The highest BCUT2D eigenvalue weighted by Gasteiger charge is 2.34. The molecule has 12 nitrogen and oxygen atoms in total. The number of amides is 4. The summed E-state index contributed by atoms with van der Waals surface area (Å²) in [7, 11) is 0. The van der Waals surface area contributed by atoms with Crippen LogP contribution in [0.2, 0.25) is 0 Å². The van der Waals surface area contributed by atoms with Gasteiger partial charge in [-0.3, -0.25) is 19.2 Å². The Balaban J connectivity index is 2.08. The monoisotopic (exact) mass is 600 g/mol. The number of aldehydes is 1. The Morgan fingerprint density at radius 3 is 2.37 bits per heavy atom. The van der Waals surface area contributed by atoms with Crippen LogP contribution in [0.3, 0.4) is 0 Å². The van der Waals surface area contributed by atoms with Crippen LogP contribution in [0, 0.1) is 5.92 Å². The Labute approximate surface area is 252 Å². The number of ether oxygens (including phenoxy) is 1. The van der Waals surface area contributed by atoms with Crippen LogP contribution in [0.15, 0.2) is 34.7 Å². The summed E-state index contributed by atoms with van der Waals surface area (Å²) in [5.41, 5.74) is 0.450. The second-order valence-corrected chi connectivity index (χ2v) is 11.0. The lowest BCUT2D eigenvalue weighted by molar-refractivity contribution is -0.169. The fourth-order valence-corrected chi connectivity index (χ4v) is 4.46. The van der Waals surface area contributed by atoms with Crippen molar-refractivity contribution in [2.75, 3.05) is 13.3 Å². The molecule has 0 saturated carbocycles. The highest BCUT2D eigenvalue weighted by atomic mass is 16.7. The Hall–Kier alpha value is -4.35.